The number of hydrogen-bond acceptors (Lipinski definition) is 5. The molecule has 10 heteroatoms. The topological polar surface area (TPSA) is 73.2 Å². The van der Waals surface area contributed by atoms with Gasteiger partial charge in [0.05, 0.1) is 17.7 Å². The van der Waals surface area contributed by atoms with Crippen molar-refractivity contribution in [3.63, 3.8) is 0 Å². The minimum Gasteiger partial charge on any atom is -0.484 e. The van der Waals surface area contributed by atoms with Gasteiger partial charge in [-0.15, -0.1) is 0 Å². The van der Waals surface area contributed by atoms with Gasteiger partial charge in [-0.1, -0.05) is 18.7 Å². The number of halogens is 3. The maximum atomic E-state index is 12.8. The second-order valence-electron chi connectivity index (χ2n) is 5.42. The third-order valence-electron chi connectivity index (χ3n) is 3.51. The van der Waals surface area contributed by atoms with Gasteiger partial charge < -0.3 is 10.1 Å². The standard InChI is InChI=1S/C16H14F3N3O3S/c1-2-26-15-21-13-11(7-12(23)20-13)14(24)22(15)9-3-5-10(6-4-9)25-8-16(17,18)19/h3-6H,2,7-8H2,1H3,(H,20,23). The van der Waals surface area contributed by atoms with E-state index in [4.69, 9.17) is 0 Å². The average Bonchev–Trinajstić information content (AvgIpc) is 2.94. The molecule has 0 spiro atoms. The van der Waals surface area contributed by atoms with Gasteiger partial charge in [-0.2, -0.15) is 13.2 Å². The molecular weight excluding hydrogens is 371 g/mol. The summed E-state index contributed by atoms with van der Waals surface area (Å²) in [6.45, 7) is 0.498. The van der Waals surface area contributed by atoms with Gasteiger partial charge in [0, 0.05) is 0 Å². The van der Waals surface area contributed by atoms with Crippen molar-refractivity contribution < 1.29 is 22.7 Å². The first-order chi connectivity index (χ1) is 12.3. The predicted octanol–water partition coefficient (Wildman–Crippen LogP) is 2.78. The fourth-order valence-corrected chi connectivity index (χ4v) is 3.18. The average molecular weight is 385 g/mol. The molecule has 1 aliphatic heterocycles. The van der Waals surface area contributed by atoms with E-state index in [1.54, 1.807) is 0 Å². The summed E-state index contributed by atoms with van der Waals surface area (Å²) in [6, 6.07) is 5.66. The minimum absolute atomic E-state index is 0.0368. The third kappa shape index (κ3) is 3.85. The highest BCUT2D eigenvalue weighted by Crippen LogP contribution is 2.26. The van der Waals surface area contributed by atoms with E-state index in [1.165, 1.54) is 40.6 Å². The van der Waals surface area contributed by atoms with Crippen LogP contribution in [-0.4, -0.2) is 34.0 Å². The van der Waals surface area contributed by atoms with Gasteiger partial charge in [0.25, 0.3) is 5.56 Å². The summed E-state index contributed by atoms with van der Waals surface area (Å²) < 4.78 is 42.7. The van der Waals surface area contributed by atoms with Crippen molar-refractivity contribution in [3.8, 4) is 11.4 Å². The normalized spacial score (nSPS) is 13.5. The summed E-state index contributed by atoms with van der Waals surface area (Å²) in [7, 11) is 0. The van der Waals surface area contributed by atoms with Crippen LogP contribution in [0.1, 0.15) is 12.5 Å². The van der Waals surface area contributed by atoms with Crippen LogP contribution in [0.15, 0.2) is 34.2 Å². The number of carbonyl (C=O) groups is 1. The summed E-state index contributed by atoms with van der Waals surface area (Å²) in [5, 5.41) is 2.94. The molecule has 0 bridgehead atoms. The molecule has 0 saturated carbocycles. The molecule has 0 atom stereocenters. The molecule has 0 fully saturated rings. The number of anilines is 1. The zero-order valence-corrected chi connectivity index (χ0v) is 14.4. The highest BCUT2D eigenvalue weighted by Gasteiger charge is 2.29. The van der Waals surface area contributed by atoms with E-state index in [-0.39, 0.29) is 35.0 Å². The summed E-state index contributed by atoms with van der Waals surface area (Å²) >= 11 is 1.32. The van der Waals surface area contributed by atoms with Gasteiger partial charge in [0.15, 0.2) is 11.8 Å². The van der Waals surface area contributed by atoms with Gasteiger partial charge in [-0.3, -0.25) is 14.2 Å². The van der Waals surface area contributed by atoms with Crippen molar-refractivity contribution in [3.05, 3.63) is 40.2 Å². The summed E-state index contributed by atoms with van der Waals surface area (Å²) in [5.74, 6) is 0.643. The molecule has 0 radical (unpaired) electrons. The quantitative estimate of drug-likeness (QED) is 0.633. The monoisotopic (exact) mass is 385 g/mol. The number of thioether (sulfide) groups is 1. The van der Waals surface area contributed by atoms with Crippen LogP contribution in [0.3, 0.4) is 0 Å². The van der Waals surface area contributed by atoms with E-state index in [2.05, 4.69) is 15.0 Å². The lowest BCUT2D eigenvalue weighted by atomic mass is 10.2. The van der Waals surface area contributed by atoms with E-state index in [0.717, 1.165) is 0 Å². The van der Waals surface area contributed by atoms with Crippen LogP contribution >= 0.6 is 11.8 Å². The van der Waals surface area contributed by atoms with E-state index in [9.17, 15) is 22.8 Å². The van der Waals surface area contributed by atoms with Crippen LogP contribution in [0, 0.1) is 0 Å². The Labute approximate surface area is 150 Å². The van der Waals surface area contributed by atoms with E-state index < -0.39 is 12.8 Å². The zero-order chi connectivity index (χ0) is 18.9. The summed E-state index contributed by atoms with van der Waals surface area (Å²) in [6.07, 6.45) is -4.48. The smallest absolute Gasteiger partial charge is 0.422 e. The molecule has 0 saturated heterocycles. The Kier molecular flexibility index (Phi) is 4.94. The fourth-order valence-electron chi connectivity index (χ4n) is 2.45. The minimum atomic E-state index is -4.43. The van der Waals surface area contributed by atoms with Crippen molar-refractivity contribution in [2.75, 3.05) is 17.7 Å². The Hall–Kier alpha value is -2.49. The van der Waals surface area contributed by atoms with Gasteiger partial charge in [-0.05, 0) is 30.0 Å². The van der Waals surface area contributed by atoms with Crippen LogP contribution in [0.25, 0.3) is 5.69 Å². The van der Waals surface area contributed by atoms with Crippen molar-refractivity contribution in [1.29, 1.82) is 0 Å². The number of fused-ring (bicyclic) bond motifs is 1. The largest absolute Gasteiger partial charge is 0.484 e. The highest BCUT2D eigenvalue weighted by atomic mass is 32.2. The van der Waals surface area contributed by atoms with Crippen LogP contribution in [0.5, 0.6) is 5.75 Å². The molecule has 0 unspecified atom stereocenters. The molecule has 1 N–H and O–H groups in total. The van der Waals surface area contributed by atoms with Crippen LogP contribution in [0.2, 0.25) is 0 Å². The molecule has 1 amide bonds. The second-order valence-corrected chi connectivity index (χ2v) is 6.65. The second kappa shape index (κ2) is 7.02. The number of alkyl halides is 3. The zero-order valence-electron chi connectivity index (χ0n) is 13.6. The molecule has 3 rings (SSSR count). The predicted molar refractivity (Wildman–Crippen MR) is 90.1 cm³/mol. The lowest BCUT2D eigenvalue weighted by Gasteiger charge is -2.14. The molecule has 1 aromatic heterocycles. The fraction of sp³-hybridized carbons (Fsp3) is 0.312. The van der Waals surface area contributed by atoms with E-state index in [0.29, 0.717) is 16.6 Å². The Morgan fingerprint density at radius 1 is 1.27 bits per heavy atom. The molecule has 1 aromatic carbocycles. The Balaban J connectivity index is 1.97. The van der Waals surface area contributed by atoms with E-state index in [1.807, 2.05) is 6.92 Å². The lowest BCUT2D eigenvalue weighted by molar-refractivity contribution is -0.153. The molecule has 2 aromatic rings. The molecule has 2 heterocycles. The molecule has 138 valence electrons. The number of amides is 1. The molecule has 0 aliphatic carbocycles. The maximum absolute atomic E-state index is 12.8. The lowest BCUT2D eigenvalue weighted by Crippen LogP contribution is -2.24. The first-order valence-electron chi connectivity index (χ1n) is 7.67. The molecule has 6 nitrogen and oxygen atoms in total. The van der Waals surface area contributed by atoms with Crippen molar-refractivity contribution in [1.82, 2.24) is 9.55 Å². The number of nitrogens with one attached hydrogen (secondary N) is 1. The Bertz CT molecular complexity index is 895. The highest BCUT2D eigenvalue weighted by molar-refractivity contribution is 7.99. The summed E-state index contributed by atoms with van der Waals surface area (Å²) in [4.78, 5) is 28.7. The number of rotatable bonds is 5. The van der Waals surface area contributed by atoms with Gasteiger partial charge in [0.1, 0.15) is 11.6 Å². The van der Waals surface area contributed by atoms with Crippen LogP contribution in [0.4, 0.5) is 19.0 Å². The number of hydrogen-bond donors (Lipinski definition) is 1. The number of ether oxygens (including phenoxy) is 1. The number of nitrogens with zero attached hydrogens (tertiary/aromatic N) is 2. The SMILES string of the molecule is CCSc1nc2c(c(=O)n1-c1ccc(OCC(F)(F)F)cc1)CC(=O)N2. The maximum Gasteiger partial charge on any atom is 0.422 e. The third-order valence-corrected chi connectivity index (χ3v) is 4.33. The van der Waals surface area contributed by atoms with Crippen molar-refractivity contribution in [2.24, 2.45) is 0 Å². The molecule has 26 heavy (non-hydrogen) atoms. The Morgan fingerprint density at radius 2 is 1.96 bits per heavy atom. The first kappa shape index (κ1) is 18.3. The molecule has 1 aliphatic rings. The number of benzene rings is 1. The number of aromatic nitrogens is 2. The van der Waals surface area contributed by atoms with Gasteiger partial charge in [-0.25, -0.2) is 4.98 Å². The van der Waals surface area contributed by atoms with E-state index >= 15 is 0 Å². The number of carbonyl (C=O) groups excluding carboxylic acids is 1. The summed E-state index contributed by atoms with van der Waals surface area (Å²) in [5.41, 5.74) is 0.320. The van der Waals surface area contributed by atoms with Crippen molar-refractivity contribution in [2.45, 2.75) is 24.7 Å². The van der Waals surface area contributed by atoms with Gasteiger partial charge in [0.2, 0.25) is 5.91 Å². The molecular formula is C16H14F3N3O3S. The van der Waals surface area contributed by atoms with Gasteiger partial charge >= 0.3 is 6.18 Å². The van der Waals surface area contributed by atoms with Crippen LogP contribution in [-0.2, 0) is 11.2 Å². The van der Waals surface area contributed by atoms with Crippen LogP contribution < -0.4 is 15.6 Å². The Morgan fingerprint density at radius 3 is 2.58 bits per heavy atom. The first-order valence-corrected chi connectivity index (χ1v) is 8.65. The van der Waals surface area contributed by atoms with Crippen molar-refractivity contribution >= 4 is 23.5 Å².